The number of halogens is 1. The van der Waals surface area contributed by atoms with Crippen molar-refractivity contribution in [1.29, 1.82) is 5.26 Å². The Hall–Kier alpha value is -2.54. The summed E-state index contributed by atoms with van der Waals surface area (Å²) >= 11 is 0. The smallest absolute Gasteiger partial charge is 0.145 e. The molecule has 0 atom stereocenters. The Morgan fingerprint density at radius 2 is 1.95 bits per heavy atom. The summed E-state index contributed by atoms with van der Waals surface area (Å²) in [6.07, 6.45) is 0. The summed E-state index contributed by atoms with van der Waals surface area (Å²) in [7, 11) is 3.46. The monoisotopic (exact) mass is 270 g/mol. The van der Waals surface area contributed by atoms with Gasteiger partial charge in [-0.2, -0.15) is 5.26 Å². The maximum absolute atomic E-state index is 14.1. The van der Waals surface area contributed by atoms with E-state index in [-0.39, 0.29) is 5.56 Å². The molecule has 0 amide bonds. The van der Waals surface area contributed by atoms with Crippen molar-refractivity contribution >= 4 is 5.69 Å². The molecule has 0 fully saturated rings. The van der Waals surface area contributed by atoms with Crippen LogP contribution in [0.25, 0.3) is 0 Å². The lowest BCUT2D eigenvalue weighted by molar-refractivity contribution is 0.414. The van der Waals surface area contributed by atoms with Gasteiger partial charge in [0.05, 0.1) is 18.4 Å². The summed E-state index contributed by atoms with van der Waals surface area (Å²) in [4.78, 5) is 1.89. The van der Waals surface area contributed by atoms with Crippen molar-refractivity contribution in [2.45, 2.75) is 6.54 Å². The van der Waals surface area contributed by atoms with Crippen LogP contribution in [0.15, 0.2) is 42.5 Å². The first-order chi connectivity index (χ1) is 9.67. The summed E-state index contributed by atoms with van der Waals surface area (Å²) in [6, 6.07) is 14.2. The minimum Gasteiger partial charge on any atom is -0.495 e. The topological polar surface area (TPSA) is 36.3 Å². The quantitative estimate of drug-likeness (QED) is 0.855. The van der Waals surface area contributed by atoms with Crippen LogP contribution in [0.3, 0.4) is 0 Å². The third-order valence-corrected chi connectivity index (χ3v) is 3.10. The number of hydrogen-bond acceptors (Lipinski definition) is 3. The van der Waals surface area contributed by atoms with Crippen molar-refractivity contribution in [3.05, 3.63) is 59.4 Å². The highest BCUT2D eigenvalue weighted by Crippen LogP contribution is 2.28. The maximum atomic E-state index is 14.1. The molecule has 0 unspecified atom stereocenters. The van der Waals surface area contributed by atoms with Crippen LogP contribution < -0.4 is 9.64 Å². The first kappa shape index (κ1) is 13.9. The Kier molecular flexibility index (Phi) is 4.21. The Labute approximate surface area is 117 Å². The fourth-order valence-corrected chi connectivity index (χ4v) is 2.07. The zero-order valence-corrected chi connectivity index (χ0v) is 11.4. The SMILES string of the molecule is COc1ccccc1N(C)Cc1cccc(C#N)c1F. The van der Waals surface area contributed by atoms with Crippen LogP contribution in [0.4, 0.5) is 10.1 Å². The lowest BCUT2D eigenvalue weighted by Crippen LogP contribution is -2.18. The largest absolute Gasteiger partial charge is 0.495 e. The first-order valence-corrected chi connectivity index (χ1v) is 6.19. The van der Waals surface area contributed by atoms with Gasteiger partial charge in [-0.05, 0) is 18.2 Å². The standard InChI is InChI=1S/C16H15FN2O/c1-19(14-8-3-4-9-15(14)20-2)11-13-7-5-6-12(10-18)16(13)17/h3-9H,11H2,1-2H3. The van der Waals surface area contributed by atoms with Gasteiger partial charge in [0.1, 0.15) is 17.6 Å². The highest BCUT2D eigenvalue weighted by atomic mass is 19.1. The lowest BCUT2D eigenvalue weighted by Gasteiger charge is -2.22. The summed E-state index contributed by atoms with van der Waals surface area (Å²) in [5.41, 5.74) is 1.42. The molecule has 0 radical (unpaired) electrons. The molecule has 0 heterocycles. The van der Waals surface area contributed by atoms with Crippen LogP contribution in [-0.4, -0.2) is 14.2 Å². The van der Waals surface area contributed by atoms with E-state index in [2.05, 4.69) is 0 Å². The van der Waals surface area contributed by atoms with Crippen LogP contribution in [0.1, 0.15) is 11.1 Å². The normalized spacial score (nSPS) is 9.90. The maximum Gasteiger partial charge on any atom is 0.145 e. The summed E-state index contributed by atoms with van der Waals surface area (Å²) < 4.78 is 19.3. The lowest BCUT2D eigenvalue weighted by atomic mass is 10.1. The second-order valence-corrected chi connectivity index (χ2v) is 4.42. The number of methoxy groups -OCH3 is 1. The van der Waals surface area contributed by atoms with E-state index < -0.39 is 5.82 Å². The van der Waals surface area contributed by atoms with Gasteiger partial charge in [-0.3, -0.25) is 0 Å². The first-order valence-electron chi connectivity index (χ1n) is 6.19. The van der Waals surface area contributed by atoms with Crippen molar-refractivity contribution < 1.29 is 9.13 Å². The Morgan fingerprint density at radius 3 is 2.65 bits per heavy atom. The molecule has 2 rings (SSSR count). The molecule has 20 heavy (non-hydrogen) atoms. The molecule has 102 valence electrons. The van der Waals surface area contributed by atoms with Gasteiger partial charge in [0, 0.05) is 19.2 Å². The zero-order chi connectivity index (χ0) is 14.5. The number of hydrogen-bond donors (Lipinski definition) is 0. The minimum atomic E-state index is -0.461. The molecule has 0 aromatic heterocycles. The van der Waals surface area contributed by atoms with Gasteiger partial charge in [0.2, 0.25) is 0 Å². The molecule has 0 aliphatic carbocycles. The molecule has 0 saturated carbocycles. The van der Waals surface area contributed by atoms with E-state index in [1.54, 1.807) is 19.2 Å². The van der Waals surface area contributed by atoms with E-state index in [0.717, 1.165) is 11.4 Å². The van der Waals surface area contributed by atoms with Crippen LogP contribution >= 0.6 is 0 Å². The average molecular weight is 270 g/mol. The van der Waals surface area contributed by atoms with Gasteiger partial charge in [-0.15, -0.1) is 0 Å². The van der Waals surface area contributed by atoms with E-state index >= 15 is 0 Å². The van der Waals surface area contributed by atoms with E-state index in [9.17, 15) is 4.39 Å². The molecule has 4 heteroatoms. The van der Waals surface area contributed by atoms with Gasteiger partial charge < -0.3 is 9.64 Å². The van der Waals surface area contributed by atoms with Crippen molar-refractivity contribution in [3.63, 3.8) is 0 Å². The van der Waals surface area contributed by atoms with Gasteiger partial charge >= 0.3 is 0 Å². The van der Waals surface area contributed by atoms with Crippen LogP contribution in [0, 0.1) is 17.1 Å². The number of anilines is 1. The van der Waals surface area contributed by atoms with Crippen molar-refractivity contribution in [1.82, 2.24) is 0 Å². The van der Waals surface area contributed by atoms with Gasteiger partial charge in [-0.25, -0.2) is 4.39 Å². The Bertz CT molecular complexity index is 649. The highest BCUT2D eigenvalue weighted by molar-refractivity contribution is 5.58. The molecule has 0 aliphatic heterocycles. The number of para-hydroxylation sites is 2. The predicted molar refractivity (Wildman–Crippen MR) is 76.2 cm³/mol. The Balaban J connectivity index is 2.28. The molecule has 0 spiro atoms. The third-order valence-electron chi connectivity index (χ3n) is 3.10. The second kappa shape index (κ2) is 6.07. The van der Waals surface area contributed by atoms with Crippen molar-refractivity contribution in [2.24, 2.45) is 0 Å². The fraction of sp³-hybridized carbons (Fsp3) is 0.188. The fourth-order valence-electron chi connectivity index (χ4n) is 2.07. The molecule has 0 bridgehead atoms. The van der Waals surface area contributed by atoms with Crippen molar-refractivity contribution in [3.8, 4) is 11.8 Å². The van der Waals surface area contributed by atoms with E-state index in [1.165, 1.54) is 6.07 Å². The molecular formula is C16H15FN2O. The number of benzene rings is 2. The molecule has 2 aromatic carbocycles. The van der Waals surface area contributed by atoms with E-state index in [0.29, 0.717) is 12.1 Å². The van der Waals surface area contributed by atoms with Gasteiger partial charge in [0.15, 0.2) is 0 Å². The summed E-state index contributed by atoms with van der Waals surface area (Å²) in [6.45, 7) is 0.363. The molecule has 2 aromatic rings. The van der Waals surface area contributed by atoms with Crippen molar-refractivity contribution in [2.75, 3.05) is 19.1 Å². The third kappa shape index (κ3) is 2.72. The van der Waals surface area contributed by atoms with Gasteiger partial charge in [-0.1, -0.05) is 24.3 Å². The average Bonchev–Trinajstić information content (AvgIpc) is 2.49. The van der Waals surface area contributed by atoms with E-state index in [4.69, 9.17) is 10.00 Å². The van der Waals surface area contributed by atoms with Crippen LogP contribution in [-0.2, 0) is 6.54 Å². The number of nitriles is 1. The second-order valence-electron chi connectivity index (χ2n) is 4.42. The van der Waals surface area contributed by atoms with Crippen LogP contribution in [0.5, 0.6) is 5.75 Å². The van der Waals surface area contributed by atoms with Gasteiger partial charge in [0.25, 0.3) is 0 Å². The zero-order valence-electron chi connectivity index (χ0n) is 11.4. The van der Waals surface area contributed by atoms with Crippen LogP contribution in [0.2, 0.25) is 0 Å². The van der Waals surface area contributed by atoms with E-state index in [1.807, 2.05) is 42.3 Å². The number of rotatable bonds is 4. The minimum absolute atomic E-state index is 0.0657. The molecule has 0 saturated heterocycles. The molecule has 0 aliphatic rings. The molecular weight excluding hydrogens is 255 g/mol. The highest BCUT2D eigenvalue weighted by Gasteiger charge is 2.12. The summed E-state index contributed by atoms with van der Waals surface area (Å²) in [5.74, 6) is 0.267. The number of nitrogens with zero attached hydrogens (tertiary/aromatic N) is 2. The predicted octanol–water partition coefficient (Wildman–Crippen LogP) is 3.34. The Morgan fingerprint density at radius 1 is 1.20 bits per heavy atom. The summed E-state index contributed by atoms with van der Waals surface area (Å²) in [5, 5.41) is 8.85. The molecule has 0 N–H and O–H groups in total. The molecule has 3 nitrogen and oxygen atoms in total. The number of ether oxygens (including phenoxy) is 1.